The maximum atomic E-state index is 5.70. The van der Waals surface area contributed by atoms with Gasteiger partial charge in [-0.3, -0.25) is 0 Å². The molecule has 1 N–H and O–H groups in total. The summed E-state index contributed by atoms with van der Waals surface area (Å²) in [6.45, 7) is 8.34. The van der Waals surface area contributed by atoms with E-state index < -0.39 is 0 Å². The summed E-state index contributed by atoms with van der Waals surface area (Å²) in [7, 11) is 0. The Morgan fingerprint density at radius 3 is 2.53 bits per heavy atom. The topological polar surface area (TPSA) is 21.3 Å². The number of hydrogen-bond acceptors (Lipinski definition) is 2. The molecule has 0 spiro atoms. The third-order valence-electron chi connectivity index (χ3n) is 4.55. The summed E-state index contributed by atoms with van der Waals surface area (Å²) in [6, 6.07) is 5.40. The van der Waals surface area contributed by atoms with Gasteiger partial charge < -0.3 is 10.1 Å². The number of ether oxygens (including phenoxy) is 1. The lowest BCUT2D eigenvalue weighted by Crippen LogP contribution is -2.29. The molecule has 2 aliphatic rings. The van der Waals surface area contributed by atoms with E-state index in [9.17, 15) is 0 Å². The summed E-state index contributed by atoms with van der Waals surface area (Å²) in [5, 5.41) is 3.71. The van der Waals surface area contributed by atoms with Crippen LogP contribution in [0.3, 0.4) is 0 Å². The van der Waals surface area contributed by atoms with Gasteiger partial charge in [0.05, 0.1) is 6.61 Å². The van der Waals surface area contributed by atoms with Crippen LogP contribution in [-0.4, -0.2) is 19.2 Å². The second kappa shape index (κ2) is 4.82. The Kier molecular flexibility index (Phi) is 3.30. The van der Waals surface area contributed by atoms with Crippen molar-refractivity contribution in [1.29, 1.82) is 0 Å². The minimum atomic E-state index is 0.419. The highest BCUT2D eigenvalue weighted by atomic mass is 16.5. The van der Waals surface area contributed by atoms with Gasteiger partial charge in [-0.2, -0.15) is 0 Å². The van der Waals surface area contributed by atoms with Gasteiger partial charge >= 0.3 is 0 Å². The number of rotatable bonds is 6. The van der Waals surface area contributed by atoms with Crippen LogP contribution in [0.1, 0.15) is 49.3 Å². The Labute approximate surface area is 116 Å². The van der Waals surface area contributed by atoms with Crippen LogP contribution in [-0.2, 0) is 5.41 Å². The van der Waals surface area contributed by atoms with Gasteiger partial charge in [0.15, 0.2) is 0 Å². The Morgan fingerprint density at radius 1 is 1.21 bits per heavy atom. The number of hydrogen-bond donors (Lipinski definition) is 1. The average molecular weight is 259 g/mol. The zero-order chi connectivity index (χ0) is 13.5. The van der Waals surface area contributed by atoms with E-state index in [4.69, 9.17) is 4.74 Å². The highest BCUT2D eigenvalue weighted by molar-refractivity contribution is 5.47. The van der Waals surface area contributed by atoms with Crippen LogP contribution >= 0.6 is 0 Å². The van der Waals surface area contributed by atoms with E-state index in [0.29, 0.717) is 5.41 Å². The van der Waals surface area contributed by atoms with Crippen LogP contribution in [0.4, 0.5) is 0 Å². The van der Waals surface area contributed by atoms with E-state index in [0.717, 1.165) is 24.9 Å². The molecule has 0 bridgehead atoms. The van der Waals surface area contributed by atoms with Gasteiger partial charge in [0.1, 0.15) is 5.75 Å². The lowest BCUT2D eigenvalue weighted by molar-refractivity contribution is 0.337. The third kappa shape index (κ3) is 2.64. The summed E-state index contributed by atoms with van der Waals surface area (Å²) in [4.78, 5) is 0. The van der Waals surface area contributed by atoms with Crippen molar-refractivity contribution in [2.45, 2.75) is 57.9 Å². The fourth-order valence-electron chi connectivity index (χ4n) is 2.99. The fourth-order valence-corrected chi connectivity index (χ4v) is 2.99. The van der Waals surface area contributed by atoms with Crippen molar-refractivity contribution < 1.29 is 4.74 Å². The summed E-state index contributed by atoms with van der Waals surface area (Å²) in [5.74, 6) is 1.05. The first-order valence-corrected chi connectivity index (χ1v) is 7.62. The highest BCUT2D eigenvalue weighted by Gasteiger charge is 2.45. The molecule has 2 saturated carbocycles. The lowest BCUT2D eigenvalue weighted by atomic mass is 9.90. The molecule has 0 unspecified atom stereocenters. The van der Waals surface area contributed by atoms with Crippen molar-refractivity contribution in [2.24, 2.45) is 0 Å². The minimum absolute atomic E-state index is 0.419. The van der Waals surface area contributed by atoms with E-state index in [1.807, 2.05) is 6.92 Å². The molecule has 0 heterocycles. The standard InChI is InChI=1S/C17H25NO/c1-4-19-16-10-12(2)15(9-13(16)3)17(7-8-17)11-18-14-5-6-14/h9-10,14,18H,4-8,11H2,1-3H3. The maximum absolute atomic E-state index is 5.70. The van der Waals surface area contributed by atoms with E-state index in [2.05, 4.69) is 31.3 Å². The molecule has 0 amide bonds. The molecule has 2 aliphatic carbocycles. The molecule has 104 valence electrons. The summed E-state index contributed by atoms with van der Waals surface area (Å²) >= 11 is 0. The van der Waals surface area contributed by atoms with E-state index in [1.165, 1.54) is 36.8 Å². The van der Waals surface area contributed by atoms with Crippen molar-refractivity contribution >= 4 is 0 Å². The lowest BCUT2D eigenvalue weighted by Gasteiger charge is -2.21. The first kappa shape index (κ1) is 13.0. The Hall–Kier alpha value is -1.02. The zero-order valence-electron chi connectivity index (χ0n) is 12.4. The van der Waals surface area contributed by atoms with Gasteiger partial charge in [-0.1, -0.05) is 6.07 Å². The van der Waals surface area contributed by atoms with Gasteiger partial charge in [0.2, 0.25) is 0 Å². The molecule has 0 saturated heterocycles. The van der Waals surface area contributed by atoms with Crippen molar-refractivity contribution in [3.8, 4) is 5.75 Å². The molecule has 0 atom stereocenters. The molecule has 1 aromatic rings. The predicted molar refractivity (Wildman–Crippen MR) is 79.0 cm³/mol. The Balaban J connectivity index is 1.81. The third-order valence-corrected chi connectivity index (χ3v) is 4.55. The number of benzene rings is 1. The van der Waals surface area contributed by atoms with Crippen LogP contribution in [0.25, 0.3) is 0 Å². The van der Waals surface area contributed by atoms with E-state index in [1.54, 1.807) is 5.56 Å². The second-order valence-electron chi connectivity index (χ2n) is 6.30. The highest BCUT2D eigenvalue weighted by Crippen LogP contribution is 2.50. The van der Waals surface area contributed by atoms with Crippen molar-refractivity contribution in [2.75, 3.05) is 13.2 Å². The average Bonchev–Trinajstić information content (AvgIpc) is 3.26. The second-order valence-corrected chi connectivity index (χ2v) is 6.30. The minimum Gasteiger partial charge on any atom is -0.494 e. The molecule has 2 heteroatoms. The van der Waals surface area contributed by atoms with Gasteiger partial charge in [-0.25, -0.2) is 0 Å². The summed E-state index contributed by atoms with van der Waals surface area (Å²) < 4.78 is 5.70. The van der Waals surface area contributed by atoms with Crippen LogP contribution in [0.15, 0.2) is 12.1 Å². The van der Waals surface area contributed by atoms with Crippen molar-refractivity contribution in [3.63, 3.8) is 0 Å². The Morgan fingerprint density at radius 2 is 1.95 bits per heavy atom. The first-order valence-electron chi connectivity index (χ1n) is 7.62. The van der Waals surface area contributed by atoms with Crippen LogP contribution in [0, 0.1) is 13.8 Å². The fraction of sp³-hybridized carbons (Fsp3) is 0.647. The van der Waals surface area contributed by atoms with Gasteiger partial charge in [-0.05, 0) is 69.2 Å². The van der Waals surface area contributed by atoms with Crippen molar-refractivity contribution in [1.82, 2.24) is 5.32 Å². The predicted octanol–water partition coefficient (Wildman–Crippen LogP) is 3.49. The summed E-state index contributed by atoms with van der Waals surface area (Å²) in [5.41, 5.74) is 4.63. The number of nitrogens with one attached hydrogen (secondary N) is 1. The molecule has 19 heavy (non-hydrogen) atoms. The smallest absolute Gasteiger partial charge is 0.122 e. The SMILES string of the molecule is CCOc1cc(C)c(C2(CNC3CC3)CC2)cc1C. The molecule has 2 nitrogen and oxygen atoms in total. The van der Waals surface area contributed by atoms with Gasteiger partial charge in [0, 0.05) is 18.0 Å². The normalized spacial score (nSPS) is 20.4. The van der Waals surface area contributed by atoms with E-state index >= 15 is 0 Å². The number of aryl methyl sites for hydroxylation is 2. The van der Waals surface area contributed by atoms with Crippen LogP contribution in [0.5, 0.6) is 5.75 Å². The molecular formula is C17H25NO. The van der Waals surface area contributed by atoms with E-state index in [-0.39, 0.29) is 0 Å². The maximum Gasteiger partial charge on any atom is 0.122 e. The molecule has 0 aliphatic heterocycles. The molecular weight excluding hydrogens is 234 g/mol. The van der Waals surface area contributed by atoms with Crippen LogP contribution < -0.4 is 10.1 Å². The molecule has 2 fully saturated rings. The zero-order valence-corrected chi connectivity index (χ0v) is 12.4. The monoisotopic (exact) mass is 259 g/mol. The largest absolute Gasteiger partial charge is 0.494 e. The van der Waals surface area contributed by atoms with Gasteiger partial charge in [-0.15, -0.1) is 0 Å². The first-order chi connectivity index (χ1) is 9.14. The molecule has 0 aromatic heterocycles. The Bertz CT molecular complexity index is 472. The quantitative estimate of drug-likeness (QED) is 0.844. The summed E-state index contributed by atoms with van der Waals surface area (Å²) in [6.07, 6.45) is 5.41. The molecule has 3 rings (SSSR count). The van der Waals surface area contributed by atoms with Crippen molar-refractivity contribution in [3.05, 3.63) is 28.8 Å². The molecule has 1 aromatic carbocycles. The van der Waals surface area contributed by atoms with Gasteiger partial charge in [0.25, 0.3) is 0 Å². The molecule has 0 radical (unpaired) electrons. The van der Waals surface area contributed by atoms with Crippen LogP contribution in [0.2, 0.25) is 0 Å².